The summed E-state index contributed by atoms with van der Waals surface area (Å²) in [7, 11) is 7.10. The molecule has 10 amide bonds. The highest BCUT2D eigenvalue weighted by Crippen LogP contribution is 2.53. The van der Waals surface area contributed by atoms with Crippen molar-refractivity contribution in [1.29, 1.82) is 0 Å². The molecule has 1 saturated heterocycles. The first kappa shape index (κ1) is 119. The third-order valence-electron chi connectivity index (χ3n) is 23.3. The highest BCUT2D eigenvalue weighted by molar-refractivity contribution is 6.31. The molecule has 50 heteroatoms. The molecule has 2 bridgehead atoms. The van der Waals surface area contributed by atoms with Gasteiger partial charge in [0.2, 0.25) is 64.6 Å². The number of esters is 1. The van der Waals surface area contributed by atoms with Gasteiger partial charge in [0.1, 0.15) is 59.7 Å². The maximum absolute atomic E-state index is 14.1. The molecule has 5 aliphatic rings. The molecular weight excluding hydrogens is 1900 g/mol. The minimum Gasteiger partial charge on any atom is -0.507 e. The number of amides is 10. The summed E-state index contributed by atoms with van der Waals surface area (Å²) in [6, 6.07) is -3.05. The number of aliphatic carboxylic acids is 2. The number of phenols is 2. The van der Waals surface area contributed by atoms with Crippen LogP contribution in [0.2, 0.25) is 0 Å². The van der Waals surface area contributed by atoms with Gasteiger partial charge in [-0.05, 0) is 77.4 Å². The number of ether oxygens (including phenoxy) is 11. The Hall–Kier alpha value is -13.3. The van der Waals surface area contributed by atoms with Gasteiger partial charge >= 0.3 is 24.0 Å². The summed E-state index contributed by atoms with van der Waals surface area (Å²) < 4.78 is 59.9. The van der Waals surface area contributed by atoms with E-state index < -0.39 is 270 Å². The quantitative estimate of drug-likeness (QED) is 0.00560. The summed E-state index contributed by atoms with van der Waals surface area (Å²) >= 11 is 0. The van der Waals surface area contributed by atoms with Crippen LogP contribution in [-0.2, 0) is 121 Å². The van der Waals surface area contributed by atoms with Crippen molar-refractivity contribution >= 4 is 112 Å². The molecule has 144 heavy (non-hydrogen) atoms. The van der Waals surface area contributed by atoms with Gasteiger partial charge in [0, 0.05) is 146 Å². The van der Waals surface area contributed by atoms with E-state index in [0.29, 0.717) is 38.2 Å². The number of Topliss-reactive ketones (excluding diaryl/α,β-unsaturated/α-hetero) is 1. The molecule has 0 aromatic heterocycles. The molecule has 3 aliphatic carbocycles. The van der Waals surface area contributed by atoms with Crippen LogP contribution in [0.1, 0.15) is 182 Å². The molecule has 50 nitrogen and oxygen atoms in total. The predicted molar refractivity (Wildman–Crippen MR) is 505 cm³/mol. The van der Waals surface area contributed by atoms with E-state index in [9.17, 15) is 122 Å². The lowest BCUT2D eigenvalue weighted by molar-refractivity contribution is -0.245. The SMILES string of the molecule is COCCOCCCNC(=O)C(CC(=O)N/N=C(/CO)[C@]1(O)Cc2c(O)c3c(c(O)c2[C@@H](O[C@H]2C[C@@H](N)[C@H](O)C(C)O2)C1)C(=O)c1c(OC)cccc1C3=O)NC(=O)C(CC(=O)O)NC(C)=O.COCCOCCCNC(=O)C(CC(=O)O)NC(=O)C(CC(=O)N/N=C(/C)CCC(=O)OCCNC1=C2CC(C)CC(OC)C(O)C(C)/C=C(\C)C(OC(N)=O)C(OC)/C=C\C=C(/C)C(=O)NC(=CC1=O)C2=O)NC(C)=O. The largest absolute Gasteiger partial charge is 0.507 e. The molecule has 2 aromatic carbocycles. The summed E-state index contributed by atoms with van der Waals surface area (Å²) in [5.74, 6) is -17.0. The van der Waals surface area contributed by atoms with Crippen LogP contribution in [0.15, 0.2) is 86.9 Å². The topological polar surface area (TPSA) is 751 Å². The Morgan fingerprint density at radius 3 is 1.77 bits per heavy atom. The molecule has 11 unspecified atom stereocenters. The smallest absolute Gasteiger partial charge is 0.405 e. The van der Waals surface area contributed by atoms with Gasteiger partial charge in [-0.15, -0.1) is 0 Å². The summed E-state index contributed by atoms with van der Waals surface area (Å²) in [5, 5.41) is 115. The fourth-order valence-electron chi connectivity index (χ4n) is 15.9. The van der Waals surface area contributed by atoms with Crippen LogP contribution in [0.5, 0.6) is 17.2 Å². The van der Waals surface area contributed by atoms with Crippen molar-refractivity contribution in [3.05, 3.63) is 110 Å². The molecule has 16 atom stereocenters. The number of carboxylic acid groups (broad SMARTS) is 2. The third-order valence-corrected chi connectivity index (χ3v) is 23.3. The minimum atomic E-state index is -2.39. The second-order valence-electron chi connectivity index (χ2n) is 34.5. The number of primary amides is 1. The summed E-state index contributed by atoms with van der Waals surface area (Å²) in [5.41, 5.74) is 11.5. The lowest BCUT2D eigenvalue weighted by Gasteiger charge is -2.43. The molecule has 794 valence electrons. The Labute approximate surface area is 828 Å². The van der Waals surface area contributed by atoms with E-state index in [4.69, 9.17) is 63.6 Å². The molecular formula is C94H132N14O36. The molecule has 0 saturated carbocycles. The zero-order valence-corrected chi connectivity index (χ0v) is 82.3. The van der Waals surface area contributed by atoms with Crippen molar-refractivity contribution in [2.45, 2.75) is 224 Å². The number of methoxy groups -OCH3 is 5. The van der Waals surface area contributed by atoms with Gasteiger partial charge in [-0.3, -0.25) is 76.7 Å². The number of hydrogen-bond donors (Lipinski definition) is 20. The number of hydrogen-bond acceptors (Lipinski definition) is 38. The van der Waals surface area contributed by atoms with Crippen molar-refractivity contribution in [2.75, 3.05) is 108 Å². The van der Waals surface area contributed by atoms with Crippen LogP contribution < -0.4 is 69.6 Å². The molecule has 2 aromatic rings. The van der Waals surface area contributed by atoms with Gasteiger partial charge in [0.05, 0.1) is 137 Å². The lowest BCUT2D eigenvalue weighted by atomic mass is 9.71. The first-order chi connectivity index (χ1) is 68.2. The van der Waals surface area contributed by atoms with Crippen LogP contribution in [0.25, 0.3) is 0 Å². The zero-order valence-electron chi connectivity index (χ0n) is 82.3. The van der Waals surface area contributed by atoms with Crippen LogP contribution >= 0.6 is 0 Å². The number of phenolic OH excluding ortho intramolecular Hbond substituents is 2. The van der Waals surface area contributed by atoms with Gasteiger partial charge in [0.25, 0.3) is 5.91 Å². The molecule has 1 fully saturated rings. The molecule has 0 radical (unpaired) electrons. The Morgan fingerprint density at radius 1 is 0.660 bits per heavy atom. The van der Waals surface area contributed by atoms with Crippen molar-refractivity contribution in [3.8, 4) is 17.2 Å². The van der Waals surface area contributed by atoms with E-state index in [1.54, 1.807) is 26.8 Å². The number of nitrogens with zero attached hydrogens (tertiary/aromatic N) is 2. The lowest BCUT2D eigenvalue weighted by Crippen LogP contribution is -2.55. The van der Waals surface area contributed by atoms with Crippen LogP contribution in [0.4, 0.5) is 4.79 Å². The number of nitrogens with one attached hydrogen (secondary N) is 10. The first-order valence-electron chi connectivity index (χ1n) is 46.1. The van der Waals surface area contributed by atoms with E-state index in [-0.39, 0.29) is 134 Å². The van der Waals surface area contributed by atoms with Gasteiger partial charge in [-0.25, -0.2) is 15.6 Å². The van der Waals surface area contributed by atoms with Gasteiger partial charge in [0.15, 0.2) is 18.2 Å². The van der Waals surface area contributed by atoms with E-state index in [0.717, 1.165) is 19.9 Å². The van der Waals surface area contributed by atoms with Gasteiger partial charge < -0.3 is 147 Å². The van der Waals surface area contributed by atoms with Crippen LogP contribution in [0.3, 0.4) is 0 Å². The number of carbonyl (C=O) groups excluding carboxylic acids is 15. The summed E-state index contributed by atoms with van der Waals surface area (Å²) in [6.45, 7) is 12.4. The minimum absolute atomic E-state index is 0.00156. The standard InChI is InChI=1S/C51H76N8O18.C43H56N6O18/c1-28-22-34-44(38(61)25-35(46(34)67)56-48(68)29(2)12-10-13-39(73-8)47(77-51(52)71)31(4)24-30(3)45(66)40(23-28)74-9)53-17-19-76-43(65)15-14-32(5)58-59-41(62)26-36(55-33(6)60)50(70)57-37(27-42(63)64)49(69)54-16-11-18-75-21-20-72-7;1-19-36(55)23(44)13-31(66-19)67-27-17-43(62,16-22-33(27)40(59)35-34(38(22)57)37(56)21-7-5-8-26(64-4)32(21)39(35)58)28(18-50)48-49-29(52)14-24(41(60)45-9-6-10-65-12-11-63-3)47-42(61)25(15-30(53)54)46-20(2)51/h10,12-13,24-25,28,30,36-37,39-40,45,47,53,66H,11,14-23,26-27H2,1-9H3,(H2,52,71)(H,54,69)(H,55,60)(H,56,68)(H,57,70)(H,59,62)(H,63,64);5,7-8,19,23-25,27,31,36,50,55,57,59,62H,6,9-18,44H2,1-4H3,(H,45,60)(H,46,51)(H,47,61)(H,49,52)(H,53,54)/b13-10-,29-12+,31-24+,58-32-;48-28-/t;19?,23-,24?,25?,27+,31+,36-,43+/m.1/s1. The number of carbonyl (C=O) groups is 17. The average molecular weight is 2030 g/mol. The van der Waals surface area contributed by atoms with E-state index in [1.807, 2.05) is 0 Å². The number of rotatable bonds is 47. The van der Waals surface area contributed by atoms with Crippen molar-refractivity contribution < 1.29 is 174 Å². The monoisotopic (exact) mass is 2030 g/mol. The van der Waals surface area contributed by atoms with Crippen LogP contribution in [-0.4, -0.2) is 339 Å². The maximum atomic E-state index is 14.1. The number of benzene rings is 2. The number of hydrazone groups is 2. The Bertz CT molecular complexity index is 5180. The molecule has 2 heterocycles. The van der Waals surface area contributed by atoms with Crippen molar-refractivity contribution in [2.24, 2.45) is 33.5 Å². The Kier molecular flexibility index (Phi) is 48.5. The molecule has 7 rings (SSSR count). The normalized spacial score (nSPS) is 23.2. The highest BCUT2D eigenvalue weighted by Gasteiger charge is 2.51. The van der Waals surface area contributed by atoms with Crippen molar-refractivity contribution in [1.82, 2.24) is 53.4 Å². The maximum Gasteiger partial charge on any atom is 0.405 e. The Morgan fingerprint density at radius 2 is 1.23 bits per heavy atom. The van der Waals surface area contributed by atoms with Gasteiger partial charge in [-0.2, -0.15) is 10.2 Å². The number of carboxylic acids is 2. The van der Waals surface area contributed by atoms with E-state index in [1.165, 1.54) is 92.7 Å². The highest BCUT2D eigenvalue weighted by atomic mass is 16.7. The molecule has 2 aliphatic heterocycles. The van der Waals surface area contributed by atoms with E-state index >= 15 is 0 Å². The number of aromatic hydroxyl groups is 2. The number of fused-ring (bicyclic) bond motifs is 5. The summed E-state index contributed by atoms with van der Waals surface area (Å²) in [4.78, 5) is 219. The molecule has 0 spiro atoms. The zero-order chi connectivity index (χ0) is 107. The first-order valence-corrected chi connectivity index (χ1v) is 46.1. The molecule has 22 N–H and O–H groups in total. The third kappa shape index (κ3) is 35.7. The number of aliphatic hydroxyl groups is 4. The van der Waals surface area contributed by atoms with Crippen LogP contribution in [0, 0.1) is 11.8 Å². The summed E-state index contributed by atoms with van der Waals surface area (Å²) in [6.07, 6.45) is -6.30. The number of ketones is 4. The fourth-order valence-corrected chi connectivity index (χ4v) is 15.9. The Balaban J connectivity index is 0.000000444. The van der Waals surface area contributed by atoms with E-state index in [2.05, 4.69) is 63.6 Å². The van der Waals surface area contributed by atoms with Crippen molar-refractivity contribution in [3.63, 3.8) is 0 Å². The number of nitrogens with two attached hydrogens (primary N) is 2. The fraction of sp³-hybridized carbons (Fsp3) is 0.564. The average Bonchev–Trinajstić information content (AvgIpc) is 0.707. The van der Waals surface area contributed by atoms with Gasteiger partial charge in [-0.1, -0.05) is 50.3 Å². The number of allylic oxidation sites excluding steroid dienone is 4. The predicted octanol–water partition coefficient (Wildman–Crippen LogP) is -1.88. The number of aliphatic hydroxyl groups excluding tert-OH is 3. The second-order valence-corrected chi connectivity index (χ2v) is 34.5. The second kappa shape index (κ2) is 58.5.